The summed E-state index contributed by atoms with van der Waals surface area (Å²) >= 11 is 0. The van der Waals surface area contributed by atoms with Crippen LogP contribution in [-0.4, -0.2) is 24.9 Å². The van der Waals surface area contributed by atoms with Gasteiger partial charge >= 0.3 is 0 Å². The van der Waals surface area contributed by atoms with Crippen LogP contribution in [0.2, 0.25) is 0 Å². The molecule has 1 fully saturated rings. The van der Waals surface area contributed by atoms with Gasteiger partial charge < -0.3 is 10.2 Å². The van der Waals surface area contributed by atoms with Gasteiger partial charge in [0.15, 0.2) is 0 Å². The van der Waals surface area contributed by atoms with Gasteiger partial charge in [-0.1, -0.05) is 49.8 Å². The largest absolute Gasteiger partial charge is 0.352 e. The highest BCUT2D eigenvalue weighted by atomic mass is 16.2. The van der Waals surface area contributed by atoms with E-state index in [1.54, 1.807) is 0 Å². The third kappa shape index (κ3) is 4.23. The van der Waals surface area contributed by atoms with Crippen molar-refractivity contribution in [1.82, 2.24) is 10.2 Å². The molecule has 0 aliphatic heterocycles. The maximum Gasteiger partial charge on any atom is 0.224 e. The fraction of sp³-hybridized carbons (Fsp3) is 0.550. The van der Waals surface area contributed by atoms with Crippen molar-refractivity contribution in [1.29, 1.82) is 0 Å². The first-order valence-electron chi connectivity index (χ1n) is 8.37. The Bertz CT molecular complexity index is 597. The maximum atomic E-state index is 12.6. The number of nitrogens with one attached hydrogen (secondary N) is 1. The number of carbonyl (C=O) groups is 1. The van der Waals surface area contributed by atoms with Gasteiger partial charge in [-0.15, -0.1) is 0 Å². The fourth-order valence-electron chi connectivity index (χ4n) is 3.37. The van der Waals surface area contributed by atoms with Gasteiger partial charge in [-0.3, -0.25) is 4.79 Å². The topological polar surface area (TPSA) is 32.3 Å². The summed E-state index contributed by atoms with van der Waals surface area (Å²) < 4.78 is 0. The van der Waals surface area contributed by atoms with Crippen LogP contribution in [0.25, 0.3) is 0 Å². The van der Waals surface area contributed by atoms with Gasteiger partial charge in [0.2, 0.25) is 5.91 Å². The Morgan fingerprint density at radius 1 is 1.22 bits per heavy atom. The zero-order valence-corrected chi connectivity index (χ0v) is 15.3. The number of allylic oxidation sites excluding steroid dienone is 2. The number of nitrogens with zero attached hydrogens (tertiary/aromatic N) is 1. The summed E-state index contributed by atoms with van der Waals surface area (Å²) in [6.07, 6.45) is 2.24. The molecule has 1 aromatic rings. The van der Waals surface area contributed by atoms with Crippen LogP contribution in [0.4, 0.5) is 0 Å². The Morgan fingerprint density at radius 3 is 2.39 bits per heavy atom. The normalized spacial score (nSPS) is 21.9. The minimum Gasteiger partial charge on any atom is -0.352 e. The summed E-state index contributed by atoms with van der Waals surface area (Å²) in [7, 11) is 4.12. The molecule has 1 N–H and O–H groups in total. The summed E-state index contributed by atoms with van der Waals surface area (Å²) in [5.41, 5.74) is 3.83. The lowest BCUT2D eigenvalue weighted by atomic mass is 10.1. The molecule has 0 unspecified atom stereocenters. The molecule has 1 amide bonds. The molecule has 0 bridgehead atoms. The zero-order valence-electron chi connectivity index (χ0n) is 15.3. The molecule has 2 rings (SSSR count). The van der Waals surface area contributed by atoms with Crippen LogP contribution in [0, 0.1) is 17.3 Å². The molecule has 3 nitrogen and oxygen atoms in total. The van der Waals surface area contributed by atoms with Crippen molar-refractivity contribution in [2.45, 2.75) is 40.8 Å². The molecule has 0 heterocycles. The first-order valence-corrected chi connectivity index (χ1v) is 8.37. The monoisotopic (exact) mass is 314 g/mol. The first-order chi connectivity index (χ1) is 10.7. The predicted molar refractivity (Wildman–Crippen MR) is 95.9 cm³/mol. The molecule has 3 heteroatoms. The molecule has 0 spiro atoms. The van der Waals surface area contributed by atoms with Crippen molar-refractivity contribution in [2.24, 2.45) is 17.3 Å². The van der Waals surface area contributed by atoms with E-state index >= 15 is 0 Å². The summed E-state index contributed by atoms with van der Waals surface area (Å²) in [6, 6.07) is 8.33. The number of rotatable bonds is 6. The molecule has 1 aromatic carbocycles. The maximum absolute atomic E-state index is 12.6. The van der Waals surface area contributed by atoms with Crippen LogP contribution in [0.15, 0.2) is 35.9 Å². The third-order valence-electron chi connectivity index (χ3n) is 4.76. The summed E-state index contributed by atoms with van der Waals surface area (Å²) in [6.45, 7) is 10.1. The molecular weight excluding hydrogens is 284 g/mol. The molecule has 0 saturated heterocycles. The first kappa shape index (κ1) is 17.7. The van der Waals surface area contributed by atoms with Gasteiger partial charge in [-0.2, -0.15) is 0 Å². The number of benzene rings is 1. The molecule has 1 aliphatic carbocycles. The van der Waals surface area contributed by atoms with E-state index in [-0.39, 0.29) is 17.2 Å². The number of carbonyl (C=O) groups excluding carboxylic acids is 1. The van der Waals surface area contributed by atoms with E-state index in [9.17, 15) is 4.79 Å². The van der Waals surface area contributed by atoms with E-state index in [1.165, 1.54) is 16.7 Å². The molecule has 0 aromatic heterocycles. The average molecular weight is 314 g/mol. The van der Waals surface area contributed by atoms with Crippen LogP contribution >= 0.6 is 0 Å². The van der Waals surface area contributed by atoms with E-state index in [0.717, 1.165) is 6.54 Å². The highest BCUT2D eigenvalue weighted by Crippen LogP contribution is 2.59. The lowest BCUT2D eigenvalue weighted by molar-refractivity contribution is -0.123. The predicted octanol–water partition coefficient (Wildman–Crippen LogP) is 3.60. The van der Waals surface area contributed by atoms with Gasteiger partial charge in [-0.25, -0.2) is 0 Å². The summed E-state index contributed by atoms with van der Waals surface area (Å²) in [5, 5.41) is 3.15. The third-order valence-corrected chi connectivity index (χ3v) is 4.76. The lowest BCUT2D eigenvalue weighted by Crippen LogP contribution is -2.27. The fourth-order valence-corrected chi connectivity index (χ4v) is 3.37. The molecule has 2 atom stereocenters. The Kier molecular flexibility index (Phi) is 5.30. The van der Waals surface area contributed by atoms with Crippen molar-refractivity contribution < 1.29 is 4.79 Å². The summed E-state index contributed by atoms with van der Waals surface area (Å²) in [5.74, 6) is 0.639. The van der Waals surface area contributed by atoms with E-state index in [4.69, 9.17) is 0 Å². The molecule has 1 saturated carbocycles. The van der Waals surface area contributed by atoms with Gasteiger partial charge in [-0.05, 0) is 50.4 Å². The SMILES string of the molecule is CC(C)=C[C@@H]1[C@@H](C(=O)NCc2ccccc2CN(C)C)C1(C)C. The Balaban J connectivity index is 2.00. The standard InChI is InChI=1S/C20H30N2O/c1-14(2)11-17-18(20(17,3)4)19(23)21-12-15-9-7-8-10-16(15)13-22(5)6/h7-11,17-18H,12-13H2,1-6H3,(H,21,23)/t17-,18+/m1/s1. The second-order valence-electron chi connectivity index (χ2n) is 7.79. The van der Waals surface area contributed by atoms with Gasteiger partial charge in [0.25, 0.3) is 0 Å². The van der Waals surface area contributed by atoms with Crippen molar-refractivity contribution in [2.75, 3.05) is 14.1 Å². The van der Waals surface area contributed by atoms with E-state index < -0.39 is 0 Å². The quantitative estimate of drug-likeness (QED) is 0.814. The Morgan fingerprint density at radius 2 is 1.83 bits per heavy atom. The molecule has 1 aliphatic rings. The van der Waals surface area contributed by atoms with Gasteiger partial charge in [0, 0.05) is 13.1 Å². The van der Waals surface area contributed by atoms with Crippen LogP contribution in [-0.2, 0) is 17.9 Å². The number of hydrogen-bond donors (Lipinski definition) is 1. The van der Waals surface area contributed by atoms with Gasteiger partial charge in [0.1, 0.15) is 0 Å². The highest BCUT2D eigenvalue weighted by Gasteiger charge is 2.60. The van der Waals surface area contributed by atoms with Crippen molar-refractivity contribution in [3.63, 3.8) is 0 Å². The zero-order chi connectivity index (χ0) is 17.2. The van der Waals surface area contributed by atoms with Crippen LogP contribution in [0.3, 0.4) is 0 Å². The van der Waals surface area contributed by atoms with Crippen LogP contribution in [0.5, 0.6) is 0 Å². The van der Waals surface area contributed by atoms with E-state index in [0.29, 0.717) is 12.5 Å². The molecular formula is C20H30N2O. The van der Waals surface area contributed by atoms with Crippen molar-refractivity contribution >= 4 is 5.91 Å². The average Bonchev–Trinajstić information content (AvgIpc) is 2.97. The smallest absolute Gasteiger partial charge is 0.224 e. The minimum atomic E-state index is 0.0739. The minimum absolute atomic E-state index is 0.0739. The highest BCUT2D eigenvalue weighted by molar-refractivity contribution is 5.83. The molecule has 23 heavy (non-hydrogen) atoms. The van der Waals surface area contributed by atoms with Crippen LogP contribution < -0.4 is 5.32 Å². The second-order valence-corrected chi connectivity index (χ2v) is 7.79. The molecule has 126 valence electrons. The van der Waals surface area contributed by atoms with E-state index in [1.807, 2.05) is 6.07 Å². The summed E-state index contributed by atoms with van der Waals surface area (Å²) in [4.78, 5) is 14.7. The Labute approximate surface area is 140 Å². The molecule has 0 radical (unpaired) electrons. The van der Waals surface area contributed by atoms with Crippen molar-refractivity contribution in [3.8, 4) is 0 Å². The number of amides is 1. The van der Waals surface area contributed by atoms with E-state index in [2.05, 4.69) is 76.3 Å². The lowest BCUT2D eigenvalue weighted by Gasteiger charge is -2.15. The number of hydrogen-bond acceptors (Lipinski definition) is 2. The van der Waals surface area contributed by atoms with Crippen LogP contribution in [0.1, 0.15) is 38.8 Å². The Hall–Kier alpha value is -1.61. The second kappa shape index (κ2) is 6.88. The van der Waals surface area contributed by atoms with Crippen molar-refractivity contribution in [3.05, 3.63) is 47.0 Å². The van der Waals surface area contributed by atoms with Gasteiger partial charge in [0.05, 0.1) is 5.92 Å².